The Bertz CT molecular complexity index is 789. The largest absolute Gasteiger partial charge is 0.331 e. The molecule has 3 rings (SSSR count). The fourth-order valence-corrected chi connectivity index (χ4v) is 3.63. The summed E-state index contributed by atoms with van der Waals surface area (Å²) in [6.07, 6.45) is 1.48. The molecule has 1 N–H and O–H groups in total. The molecule has 1 aliphatic heterocycles. The maximum Gasteiger partial charge on any atom is 0.320 e. The Kier molecular flexibility index (Phi) is 4.98. The number of anilines is 1. The van der Waals surface area contributed by atoms with Gasteiger partial charge in [-0.15, -0.1) is 10.2 Å². The van der Waals surface area contributed by atoms with Crippen LogP contribution >= 0.6 is 11.3 Å². The Morgan fingerprint density at radius 2 is 2.12 bits per heavy atom. The standard InChI is InChI=1S/C17H21N5O2S/c1-11-6-4-7-12(10-11)15-19-20-16(25-15)18-14(23)13-8-5-9-22(13)17(24)21(2)3/h4,6-7,10,13H,5,8-9H2,1-3H3,(H,18,20,23). The van der Waals surface area contributed by atoms with Crippen LogP contribution in [0.1, 0.15) is 18.4 Å². The molecule has 0 radical (unpaired) electrons. The minimum Gasteiger partial charge on any atom is -0.331 e. The number of hydrogen-bond acceptors (Lipinski definition) is 5. The predicted molar refractivity (Wildman–Crippen MR) is 97.5 cm³/mol. The topological polar surface area (TPSA) is 78.4 Å². The maximum atomic E-state index is 12.6. The quantitative estimate of drug-likeness (QED) is 0.914. The number of nitrogens with one attached hydrogen (secondary N) is 1. The van der Waals surface area contributed by atoms with Crippen LogP contribution in [0.25, 0.3) is 10.6 Å². The first-order valence-corrected chi connectivity index (χ1v) is 8.96. The van der Waals surface area contributed by atoms with Gasteiger partial charge in [0.2, 0.25) is 11.0 Å². The molecule has 0 bridgehead atoms. The molecule has 1 unspecified atom stereocenters. The number of hydrogen-bond donors (Lipinski definition) is 1. The summed E-state index contributed by atoms with van der Waals surface area (Å²) in [5.41, 5.74) is 2.12. The molecule has 1 fully saturated rings. The Hall–Kier alpha value is -2.48. The minimum atomic E-state index is -0.457. The number of aromatic nitrogens is 2. The first kappa shape index (κ1) is 17.3. The summed E-state index contributed by atoms with van der Waals surface area (Å²) in [5, 5.41) is 12.2. The van der Waals surface area contributed by atoms with Crippen LogP contribution in [-0.4, -0.2) is 58.6 Å². The van der Waals surface area contributed by atoms with Gasteiger partial charge in [0.05, 0.1) is 0 Å². The van der Waals surface area contributed by atoms with Crippen LogP contribution in [0.4, 0.5) is 9.93 Å². The minimum absolute atomic E-state index is 0.143. The number of urea groups is 1. The van der Waals surface area contributed by atoms with E-state index in [0.717, 1.165) is 22.6 Å². The molecular formula is C17H21N5O2S. The van der Waals surface area contributed by atoms with Gasteiger partial charge in [0.25, 0.3) is 0 Å². The van der Waals surface area contributed by atoms with E-state index < -0.39 is 6.04 Å². The van der Waals surface area contributed by atoms with Crippen LogP contribution in [0.2, 0.25) is 0 Å². The predicted octanol–water partition coefficient (Wildman–Crippen LogP) is 2.60. The fourth-order valence-electron chi connectivity index (χ4n) is 2.88. The summed E-state index contributed by atoms with van der Waals surface area (Å²) in [7, 11) is 3.38. The van der Waals surface area contributed by atoms with Gasteiger partial charge in [-0.2, -0.15) is 0 Å². The van der Waals surface area contributed by atoms with E-state index in [-0.39, 0.29) is 11.9 Å². The second-order valence-corrected chi connectivity index (χ2v) is 7.28. The molecule has 25 heavy (non-hydrogen) atoms. The normalized spacial score (nSPS) is 16.8. The second kappa shape index (κ2) is 7.18. The zero-order valence-corrected chi connectivity index (χ0v) is 15.3. The lowest BCUT2D eigenvalue weighted by molar-refractivity contribution is -0.119. The van der Waals surface area contributed by atoms with E-state index in [4.69, 9.17) is 0 Å². The average Bonchev–Trinajstić information content (AvgIpc) is 3.23. The van der Waals surface area contributed by atoms with Gasteiger partial charge in [-0.3, -0.25) is 10.1 Å². The van der Waals surface area contributed by atoms with Crippen molar-refractivity contribution in [1.82, 2.24) is 20.0 Å². The van der Waals surface area contributed by atoms with Crippen LogP contribution in [0.15, 0.2) is 24.3 Å². The molecular weight excluding hydrogens is 338 g/mol. The summed E-state index contributed by atoms with van der Waals surface area (Å²) in [4.78, 5) is 27.8. The average molecular weight is 359 g/mol. The molecule has 3 amide bonds. The zero-order valence-electron chi connectivity index (χ0n) is 14.5. The van der Waals surface area contributed by atoms with Gasteiger partial charge in [-0.25, -0.2) is 4.79 Å². The number of rotatable bonds is 3. The number of benzene rings is 1. The molecule has 0 saturated carbocycles. The molecule has 2 aromatic rings. The smallest absolute Gasteiger partial charge is 0.320 e. The van der Waals surface area contributed by atoms with E-state index in [9.17, 15) is 9.59 Å². The van der Waals surface area contributed by atoms with E-state index >= 15 is 0 Å². The van der Waals surface area contributed by atoms with E-state index in [1.807, 2.05) is 31.2 Å². The summed E-state index contributed by atoms with van der Waals surface area (Å²) in [6, 6.07) is 7.38. The highest BCUT2D eigenvalue weighted by Gasteiger charge is 2.35. The number of nitrogens with zero attached hydrogens (tertiary/aromatic N) is 4. The Balaban J connectivity index is 1.70. The van der Waals surface area contributed by atoms with Crippen LogP contribution in [0, 0.1) is 6.92 Å². The third-order valence-corrected chi connectivity index (χ3v) is 4.99. The van der Waals surface area contributed by atoms with Crippen LogP contribution in [0.3, 0.4) is 0 Å². The molecule has 1 aromatic carbocycles. The molecule has 132 valence electrons. The number of likely N-dealkylation sites (tertiary alicyclic amines) is 1. The summed E-state index contributed by atoms with van der Waals surface area (Å²) in [6.45, 7) is 2.61. The van der Waals surface area contributed by atoms with Crippen molar-refractivity contribution in [3.05, 3.63) is 29.8 Å². The van der Waals surface area contributed by atoms with Crippen molar-refractivity contribution in [2.24, 2.45) is 0 Å². The summed E-state index contributed by atoms with van der Waals surface area (Å²) >= 11 is 1.33. The van der Waals surface area contributed by atoms with Gasteiger partial charge < -0.3 is 9.80 Å². The molecule has 1 saturated heterocycles. The van der Waals surface area contributed by atoms with Crippen molar-refractivity contribution in [3.8, 4) is 10.6 Å². The molecule has 1 aromatic heterocycles. The lowest BCUT2D eigenvalue weighted by Gasteiger charge is -2.26. The monoisotopic (exact) mass is 359 g/mol. The molecule has 2 heterocycles. The zero-order chi connectivity index (χ0) is 18.0. The van der Waals surface area contributed by atoms with Gasteiger partial charge in [0.1, 0.15) is 11.0 Å². The molecule has 8 heteroatoms. The van der Waals surface area contributed by atoms with E-state index in [1.165, 1.54) is 16.2 Å². The second-order valence-electron chi connectivity index (χ2n) is 6.30. The molecule has 0 spiro atoms. The van der Waals surface area contributed by atoms with Crippen molar-refractivity contribution < 1.29 is 9.59 Å². The van der Waals surface area contributed by atoms with Gasteiger partial charge in [-0.1, -0.05) is 35.1 Å². The number of amides is 3. The fraction of sp³-hybridized carbons (Fsp3) is 0.412. The highest BCUT2D eigenvalue weighted by Crippen LogP contribution is 2.28. The number of aryl methyl sites for hydroxylation is 1. The van der Waals surface area contributed by atoms with E-state index in [1.54, 1.807) is 19.0 Å². The third kappa shape index (κ3) is 3.79. The lowest BCUT2D eigenvalue weighted by Crippen LogP contribution is -2.47. The molecule has 1 atom stereocenters. The highest BCUT2D eigenvalue weighted by atomic mass is 32.1. The summed E-state index contributed by atoms with van der Waals surface area (Å²) in [5.74, 6) is -0.209. The van der Waals surface area contributed by atoms with Gasteiger partial charge in [-0.05, 0) is 25.8 Å². The van der Waals surface area contributed by atoms with Crippen molar-refractivity contribution in [1.29, 1.82) is 0 Å². The molecule has 1 aliphatic rings. The van der Waals surface area contributed by atoms with Crippen molar-refractivity contribution in [2.45, 2.75) is 25.8 Å². The van der Waals surface area contributed by atoms with Gasteiger partial charge in [0.15, 0.2) is 0 Å². The van der Waals surface area contributed by atoms with E-state index in [2.05, 4.69) is 15.5 Å². The van der Waals surface area contributed by atoms with Crippen LogP contribution in [-0.2, 0) is 4.79 Å². The Morgan fingerprint density at radius 1 is 1.32 bits per heavy atom. The first-order chi connectivity index (χ1) is 12.0. The summed E-state index contributed by atoms with van der Waals surface area (Å²) < 4.78 is 0. The Labute approximate surface area is 150 Å². The Morgan fingerprint density at radius 3 is 2.84 bits per heavy atom. The molecule has 0 aliphatic carbocycles. The van der Waals surface area contributed by atoms with Crippen LogP contribution in [0.5, 0.6) is 0 Å². The van der Waals surface area contributed by atoms with Gasteiger partial charge >= 0.3 is 6.03 Å². The lowest BCUT2D eigenvalue weighted by atomic mass is 10.1. The highest BCUT2D eigenvalue weighted by molar-refractivity contribution is 7.18. The number of carbonyl (C=O) groups excluding carboxylic acids is 2. The van der Waals surface area contributed by atoms with Crippen molar-refractivity contribution in [2.75, 3.05) is 26.0 Å². The van der Waals surface area contributed by atoms with Crippen molar-refractivity contribution in [3.63, 3.8) is 0 Å². The van der Waals surface area contributed by atoms with E-state index in [0.29, 0.717) is 18.1 Å². The van der Waals surface area contributed by atoms with Crippen molar-refractivity contribution >= 4 is 28.4 Å². The maximum absolute atomic E-state index is 12.6. The SMILES string of the molecule is Cc1cccc(-c2nnc(NC(=O)C3CCCN3C(=O)N(C)C)s2)c1. The van der Waals surface area contributed by atoms with Gasteiger partial charge in [0, 0.05) is 26.2 Å². The first-order valence-electron chi connectivity index (χ1n) is 8.15. The van der Waals surface area contributed by atoms with Crippen LogP contribution < -0.4 is 5.32 Å². The molecule has 7 nitrogen and oxygen atoms in total. The number of carbonyl (C=O) groups is 2. The third-order valence-electron chi connectivity index (χ3n) is 4.10.